The van der Waals surface area contributed by atoms with E-state index in [9.17, 15) is 9.59 Å². The molecule has 0 radical (unpaired) electrons. The number of para-hydroxylation sites is 1. The molecule has 7 nitrogen and oxygen atoms in total. The molecule has 8 heteroatoms. The largest absolute Gasteiger partial charge is 0.496 e. The number of amides is 2. The van der Waals surface area contributed by atoms with Crippen molar-refractivity contribution in [2.24, 2.45) is 0 Å². The number of carbonyl (C=O) groups is 2. The maximum atomic E-state index is 13.8. The van der Waals surface area contributed by atoms with Crippen molar-refractivity contribution in [3.8, 4) is 11.4 Å². The fourth-order valence-corrected chi connectivity index (χ4v) is 6.07. The minimum absolute atomic E-state index is 0.0335. The average Bonchev–Trinajstić information content (AvgIpc) is 3.18. The van der Waals surface area contributed by atoms with E-state index in [1.807, 2.05) is 54.9 Å². The van der Waals surface area contributed by atoms with E-state index in [0.29, 0.717) is 5.82 Å². The van der Waals surface area contributed by atoms with Gasteiger partial charge in [0.05, 0.1) is 29.5 Å². The SMILES string of the molecule is COc1ccccc1C1SCC(=O)N(CC(=O)NC(C)C)c2c1c(C(C)(C)C)nn2-c1cccc(C)c1C. The number of methoxy groups -OCH3 is 1. The van der Waals surface area contributed by atoms with Crippen molar-refractivity contribution < 1.29 is 14.3 Å². The zero-order valence-corrected chi connectivity index (χ0v) is 24.4. The van der Waals surface area contributed by atoms with E-state index in [-0.39, 0.29) is 40.8 Å². The Bertz CT molecular complexity index is 1360. The third-order valence-corrected chi connectivity index (χ3v) is 8.01. The third-order valence-electron chi connectivity index (χ3n) is 6.78. The lowest BCUT2D eigenvalue weighted by Gasteiger charge is -2.25. The van der Waals surface area contributed by atoms with Crippen molar-refractivity contribution in [3.05, 3.63) is 70.4 Å². The molecule has 0 fully saturated rings. The van der Waals surface area contributed by atoms with Gasteiger partial charge in [0, 0.05) is 22.6 Å². The second kappa shape index (κ2) is 10.8. The standard InChI is InChI=1S/C30H38N4O3S/c1-18(2)31-24(35)16-33-25(36)17-38-27(21-13-9-10-15-23(21)37-8)26-28(30(5,6)7)32-34(29(26)33)22-14-11-12-19(3)20(22)4/h9-15,18,27H,16-17H2,1-8H3,(H,31,35). The van der Waals surface area contributed by atoms with Gasteiger partial charge in [0.25, 0.3) is 0 Å². The van der Waals surface area contributed by atoms with E-state index in [4.69, 9.17) is 9.84 Å². The lowest BCUT2D eigenvalue weighted by Crippen LogP contribution is -2.44. The summed E-state index contributed by atoms with van der Waals surface area (Å²) in [5, 5.41) is 7.94. The van der Waals surface area contributed by atoms with Crippen LogP contribution in [0.5, 0.6) is 5.75 Å². The van der Waals surface area contributed by atoms with Gasteiger partial charge >= 0.3 is 0 Å². The topological polar surface area (TPSA) is 76.5 Å². The van der Waals surface area contributed by atoms with Gasteiger partial charge in [-0.25, -0.2) is 4.68 Å². The second-order valence-electron chi connectivity index (χ2n) is 11.1. The van der Waals surface area contributed by atoms with Crippen LogP contribution in [0.2, 0.25) is 0 Å². The number of anilines is 1. The van der Waals surface area contributed by atoms with Gasteiger partial charge in [0.2, 0.25) is 11.8 Å². The van der Waals surface area contributed by atoms with Crippen LogP contribution in [0.15, 0.2) is 42.5 Å². The van der Waals surface area contributed by atoms with Gasteiger partial charge in [-0.15, -0.1) is 11.8 Å². The van der Waals surface area contributed by atoms with Gasteiger partial charge < -0.3 is 10.1 Å². The summed E-state index contributed by atoms with van der Waals surface area (Å²) >= 11 is 1.55. The summed E-state index contributed by atoms with van der Waals surface area (Å²) in [4.78, 5) is 28.5. The molecule has 1 atom stereocenters. The fourth-order valence-electron chi connectivity index (χ4n) is 4.85. The molecule has 2 aromatic carbocycles. The highest BCUT2D eigenvalue weighted by atomic mass is 32.2. The van der Waals surface area contributed by atoms with Crippen LogP contribution in [0.4, 0.5) is 5.82 Å². The molecule has 3 aromatic rings. The Balaban J connectivity index is 2.07. The first-order valence-electron chi connectivity index (χ1n) is 13.0. The normalized spacial score (nSPS) is 15.9. The highest BCUT2D eigenvalue weighted by Gasteiger charge is 2.40. The molecule has 1 aromatic heterocycles. The number of hydrogen-bond acceptors (Lipinski definition) is 5. The van der Waals surface area contributed by atoms with E-state index in [0.717, 1.165) is 39.4 Å². The molecule has 1 aliphatic heterocycles. The number of rotatable bonds is 6. The Hall–Kier alpha value is -3.26. The Morgan fingerprint density at radius 3 is 2.53 bits per heavy atom. The van der Waals surface area contributed by atoms with E-state index in [2.05, 4.69) is 46.0 Å². The van der Waals surface area contributed by atoms with Gasteiger partial charge in [-0.3, -0.25) is 14.5 Å². The maximum absolute atomic E-state index is 13.8. The van der Waals surface area contributed by atoms with Crippen molar-refractivity contribution in [2.75, 3.05) is 24.3 Å². The lowest BCUT2D eigenvalue weighted by atomic mass is 9.87. The third kappa shape index (κ3) is 5.32. The van der Waals surface area contributed by atoms with Crippen molar-refractivity contribution in [1.82, 2.24) is 15.1 Å². The number of nitrogens with zero attached hydrogens (tertiary/aromatic N) is 3. The summed E-state index contributed by atoms with van der Waals surface area (Å²) in [6.45, 7) is 14.3. The first-order valence-corrected chi connectivity index (χ1v) is 14.0. The van der Waals surface area contributed by atoms with E-state index >= 15 is 0 Å². The van der Waals surface area contributed by atoms with Gasteiger partial charge in [-0.2, -0.15) is 5.10 Å². The van der Waals surface area contributed by atoms with E-state index in [1.54, 1.807) is 23.8 Å². The number of aryl methyl sites for hydroxylation is 1. The van der Waals surface area contributed by atoms with Gasteiger partial charge in [-0.1, -0.05) is 51.1 Å². The molecular weight excluding hydrogens is 496 g/mol. The monoisotopic (exact) mass is 534 g/mol. The number of aromatic nitrogens is 2. The number of ether oxygens (including phenoxy) is 1. The Labute approximate surface area is 229 Å². The van der Waals surface area contributed by atoms with Gasteiger partial charge in [0.15, 0.2) is 0 Å². The predicted molar refractivity (Wildman–Crippen MR) is 155 cm³/mol. The molecule has 2 heterocycles. The number of fused-ring (bicyclic) bond motifs is 1. The Kier molecular flexibility index (Phi) is 7.93. The highest BCUT2D eigenvalue weighted by Crippen LogP contribution is 2.50. The number of hydrogen-bond donors (Lipinski definition) is 1. The van der Waals surface area contributed by atoms with Crippen LogP contribution in [-0.2, 0) is 15.0 Å². The molecule has 2 amide bonds. The zero-order chi connectivity index (χ0) is 27.8. The quantitative estimate of drug-likeness (QED) is 0.453. The van der Waals surface area contributed by atoms with Gasteiger partial charge in [0.1, 0.15) is 18.1 Å². The molecule has 4 rings (SSSR count). The van der Waals surface area contributed by atoms with E-state index < -0.39 is 0 Å². The summed E-state index contributed by atoms with van der Waals surface area (Å²) in [7, 11) is 1.67. The van der Waals surface area contributed by atoms with Crippen molar-refractivity contribution >= 4 is 29.4 Å². The van der Waals surface area contributed by atoms with Crippen LogP contribution in [0.25, 0.3) is 5.69 Å². The minimum Gasteiger partial charge on any atom is -0.496 e. The maximum Gasteiger partial charge on any atom is 0.240 e. The van der Waals surface area contributed by atoms with Crippen molar-refractivity contribution in [2.45, 2.75) is 65.2 Å². The van der Waals surface area contributed by atoms with Crippen LogP contribution < -0.4 is 15.0 Å². The number of carbonyl (C=O) groups excluding carboxylic acids is 2. The second-order valence-corrected chi connectivity index (χ2v) is 12.2. The molecule has 1 unspecified atom stereocenters. The van der Waals surface area contributed by atoms with Crippen molar-refractivity contribution in [1.29, 1.82) is 0 Å². The Morgan fingerprint density at radius 2 is 1.87 bits per heavy atom. The number of thioether (sulfide) groups is 1. The minimum atomic E-state index is -0.326. The predicted octanol–water partition coefficient (Wildman–Crippen LogP) is 5.49. The van der Waals surface area contributed by atoms with Crippen LogP contribution in [0.3, 0.4) is 0 Å². The molecular formula is C30H38N4O3S. The average molecular weight is 535 g/mol. The number of nitrogens with one attached hydrogen (secondary N) is 1. The molecule has 0 saturated carbocycles. The summed E-state index contributed by atoms with van der Waals surface area (Å²) in [5.41, 5.74) is 5.58. The molecule has 0 bridgehead atoms. The molecule has 1 N–H and O–H groups in total. The lowest BCUT2D eigenvalue weighted by molar-refractivity contribution is -0.123. The first-order chi connectivity index (χ1) is 17.9. The molecule has 38 heavy (non-hydrogen) atoms. The smallest absolute Gasteiger partial charge is 0.240 e. The van der Waals surface area contributed by atoms with Gasteiger partial charge in [-0.05, 0) is 51.0 Å². The Morgan fingerprint density at radius 1 is 1.16 bits per heavy atom. The van der Waals surface area contributed by atoms with Crippen LogP contribution in [0, 0.1) is 13.8 Å². The van der Waals surface area contributed by atoms with Crippen LogP contribution >= 0.6 is 11.8 Å². The van der Waals surface area contributed by atoms with E-state index in [1.165, 1.54) is 0 Å². The summed E-state index contributed by atoms with van der Waals surface area (Å²) in [6, 6.07) is 14.0. The summed E-state index contributed by atoms with van der Waals surface area (Å²) in [5.74, 6) is 1.30. The first kappa shape index (κ1) is 27.8. The highest BCUT2D eigenvalue weighted by molar-refractivity contribution is 8.00. The molecule has 0 saturated heterocycles. The molecule has 0 aliphatic carbocycles. The van der Waals surface area contributed by atoms with Crippen LogP contribution in [-0.4, -0.2) is 47.0 Å². The molecule has 0 spiro atoms. The summed E-state index contributed by atoms with van der Waals surface area (Å²) < 4.78 is 7.65. The number of benzene rings is 2. The summed E-state index contributed by atoms with van der Waals surface area (Å²) in [6.07, 6.45) is 0. The zero-order valence-electron chi connectivity index (χ0n) is 23.6. The van der Waals surface area contributed by atoms with Crippen molar-refractivity contribution in [3.63, 3.8) is 0 Å². The molecule has 1 aliphatic rings. The molecule has 202 valence electrons. The van der Waals surface area contributed by atoms with Crippen LogP contribution in [0.1, 0.15) is 67.8 Å². The fraction of sp³-hybridized carbons (Fsp3) is 0.433.